The van der Waals surface area contributed by atoms with Gasteiger partial charge in [0.1, 0.15) is 6.61 Å². The number of hydrogen-bond donors (Lipinski definition) is 0. The third kappa shape index (κ3) is 14.5. The smallest absolute Gasteiger partial charge is 0.293 e. The van der Waals surface area contributed by atoms with E-state index in [1.165, 1.54) is 0 Å². The maximum absolute atomic E-state index is 10.00. The van der Waals surface area contributed by atoms with Crippen LogP contribution in [0.5, 0.6) is 0 Å². The molecule has 0 aromatic carbocycles. The van der Waals surface area contributed by atoms with Crippen LogP contribution in [0.4, 0.5) is 0 Å². The van der Waals surface area contributed by atoms with E-state index in [9.17, 15) is 4.79 Å². The summed E-state index contributed by atoms with van der Waals surface area (Å²) >= 11 is 0. The van der Waals surface area contributed by atoms with E-state index < -0.39 is 0 Å². The fourth-order valence-corrected chi connectivity index (χ4v) is 3.63. The molecule has 0 heterocycles. The van der Waals surface area contributed by atoms with Crippen molar-refractivity contribution in [3.8, 4) is 0 Å². The zero-order valence-electron chi connectivity index (χ0n) is 12.9. The molecule has 5 nitrogen and oxygen atoms in total. The van der Waals surface area contributed by atoms with Gasteiger partial charge in [-0.05, 0) is 20.5 Å². The van der Waals surface area contributed by atoms with Crippen LogP contribution in [0.15, 0.2) is 0 Å². The highest BCUT2D eigenvalue weighted by atomic mass is 33.1. The highest BCUT2D eigenvalue weighted by Gasteiger charge is 2.00. The van der Waals surface area contributed by atoms with Crippen molar-refractivity contribution in [3.05, 3.63) is 0 Å². The van der Waals surface area contributed by atoms with E-state index in [2.05, 4.69) is 21.6 Å². The van der Waals surface area contributed by atoms with Gasteiger partial charge in [0.05, 0.1) is 0 Å². The van der Waals surface area contributed by atoms with Crippen LogP contribution in [-0.4, -0.2) is 88.4 Å². The third-order valence-electron chi connectivity index (χ3n) is 2.74. The first-order chi connectivity index (χ1) is 9.70. The zero-order chi connectivity index (χ0) is 15.1. The molecule has 0 N–H and O–H groups in total. The number of methoxy groups -OCH3 is 1. The number of nitrogens with zero attached hydrogens (tertiary/aromatic N) is 2. The van der Waals surface area contributed by atoms with Crippen molar-refractivity contribution >= 4 is 28.1 Å². The molecule has 0 atom stereocenters. The van der Waals surface area contributed by atoms with E-state index in [0.29, 0.717) is 13.1 Å². The van der Waals surface area contributed by atoms with Crippen molar-refractivity contribution < 1.29 is 14.3 Å². The van der Waals surface area contributed by atoms with E-state index >= 15 is 0 Å². The lowest BCUT2D eigenvalue weighted by atomic mass is 10.4. The van der Waals surface area contributed by atoms with Crippen LogP contribution in [0.3, 0.4) is 0 Å². The minimum atomic E-state index is 0.476. The molecule has 0 bridgehead atoms. The van der Waals surface area contributed by atoms with E-state index in [4.69, 9.17) is 4.74 Å². The van der Waals surface area contributed by atoms with Crippen molar-refractivity contribution in [2.24, 2.45) is 0 Å². The molecule has 0 aromatic heterocycles. The van der Waals surface area contributed by atoms with Crippen LogP contribution in [0, 0.1) is 0 Å². The summed E-state index contributed by atoms with van der Waals surface area (Å²) in [4.78, 5) is 14.5. The molecule has 0 aromatic rings. The van der Waals surface area contributed by atoms with Gasteiger partial charge < -0.3 is 19.3 Å². The minimum Gasteiger partial charge on any atom is -0.467 e. The van der Waals surface area contributed by atoms with Crippen molar-refractivity contribution in [3.63, 3.8) is 0 Å². The Bertz CT molecular complexity index is 224. The molecule has 0 unspecified atom stereocenters. The molecule has 0 spiro atoms. The van der Waals surface area contributed by atoms with E-state index in [0.717, 1.165) is 50.7 Å². The first-order valence-electron chi connectivity index (χ1n) is 6.86. The second-order valence-corrected chi connectivity index (χ2v) is 7.27. The van der Waals surface area contributed by atoms with E-state index in [1.54, 1.807) is 7.11 Å². The molecule has 0 rings (SSSR count). The maximum atomic E-state index is 10.00. The lowest BCUT2D eigenvalue weighted by molar-refractivity contribution is -0.129. The Morgan fingerprint density at radius 3 is 2.10 bits per heavy atom. The van der Waals surface area contributed by atoms with Crippen LogP contribution in [0.1, 0.15) is 6.42 Å². The molecule has 0 aliphatic carbocycles. The Balaban J connectivity index is 3.24. The van der Waals surface area contributed by atoms with Crippen molar-refractivity contribution in [1.29, 1.82) is 0 Å². The monoisotopic (exact) mass is 324 g/mol. The van der Waals surface area contributed by atoms with Crippen molar-refractivity contribution in [1.82, 2.24) is 9.80 Å². The summed E-state index contributed by atoms with van der Waals surface area (Å²) in [6.07, 6.45) is 1.10. The minimum absolute atomic E-state index is 0.476. The maximum Gasteiger partial charge on any atom is 0.293 e. The lowest BCUT2D eigenvalue weighted by Gasteiger charge is -2.16. The summed E-state index contributed by atoms with van der Waals surface area (Å²) in [7, 11) is 9.77. The molecular formula is C13H28N2O3S2. The number of hydrogen-bond acceptors (Lipinski definition) is 7. The third-order valence-corrected chi connectivity index (χ3v) is 5.11. The summed E-state index contributed by atoms with van der Waals surface area (Å²) in [6, 6.07) is 0. The molecule has 0 aliphatic heterocycles. The molecule has 0 radical (unpaired) electrons. The molecule has 7 heteroatoms. The quantitative estimate of drug-likeness (QED) is 0.256. The van der Waals surface area contributed by atoms with Crippen LogP contribution in [-0.2, 0) is 14.3 Å². The molecule has 20 heavy (non-hydrogen) atoms. The van der Waals surface area contributed by atoms with Crippen molar-refractivity contribution in [2.75, 3.05) is 72.1 Å². The number of ether oxygens (including phenoxy) is 2. The van der Waals surface area contributed by atoms with Crippen LogP contribution >= 0.6 is 21.6 Å². The fourth-order valence-electron chi connectivity index (χ4n) is 1.46. The Morgan fingerprint density at radius 2 is 1.55 bits per heavy atom. The van der Waals surface area contributed by atoms with Gasteiger partial charge in [-0.1, -0.05) is 21.6 Å². The fraction of sp³-hybridized carbons (Fsp3) is 0.923. The number of likely N-dealkylation sites (N-methyl/N-ethyl adjacent to an activating group) is 1. The topological polar surface area (TPSA) is 42.0 Å². The normalized spacial score (nSPS) is 11.2. The zero-order valence-corrected chi connectivity index (χ0v) is 14.5. The first-order valence-corrected chi connectivity index (χ1v) is 9.35. The molecule has 0 saturated carbocycles. The average molecular weight is 325 g/mol. The molecular weight excluding hydrogens is 296 g/mol. The van der Waals surface area contributed by atoms with Gasteiger partial charge in [0, 0.05) is 51.4 Å². The van der Waals surface area contributed by atoms with Gasteiger partial charge in [0.25, 0.3) is 6.47 Å². The van der Waals surface area contributed by atoms with Crippen molar-refractivity contribution in [2.45, 2.75) is 6.42 Å². The van der Waals surface area contributed by atoms with E-state index in [-0.39, 0.29) is 0 Å². The summed E-state index contributed by atoms with van der Waals surface area (Å²) in [6.45, 7) is 5.84. The van der Waals surface area contributed by atoms with Gasteiger partial charge in [0.15, 0.2) is 0 Å². The van der Waals surface area contributed by atoms with E-state index in [1.807, 2.05) is 28.6 Å². The Morgan fingerprint density at radius 1 is 0.950 bits per heavy atom. The predicted molar refractivity (Wildman–Crippen MR) is 88.4 cm³/mol. The van der Waals surface area contributed by atoms with Gasteiger partial charge in [-0.25, -0.2) is 0 Å². The highest BCUT2D eigenvalue weighted by molar-refractivity contribution is 8.76. The van der Waals surface area contributed by atoms with Gasteiger partial charge >= 0.3 is 0 Å². The van der Waals surface area contributed by atoms with Crippen LogP contribution in [0.25, 0.3) is 0 Å². The number of carbonyl (C=O) groups is 1. The molecule has 0 aliphatic rings. The first kappa shape index (κ1) is 20.1. The van der Waals surface area contributed by atoms with Gasteiger partial charge in [0.2, 0.25) is 0 Å². The number of carbonyl (C=O) groups excluding carboxylic acids is 1. The summed E-state index contributed by atoms with van der Waals surface area (Å²) in [5.74, 6) is 2.24. The highest BCUT2D eigenvalue weighted by Crippen LogP contribution is 2.20. The van der Waals surface area contributed by atoms with Gasteiger partial charge in [-0.15, -0.1) is 0 Å². The van der Waals surface area contributed by atoms with Gasteiger partial charge in [-0.2, -0.15) is 0 Å². The van der Waals surface area contributed by atoms with Crippen LogP contribution in [0.2, 0.25) is 0 Å². The molecule has 0 saturated heterocycles. The Kier molecular flexibility index (Phi) is 15.5. The standard InChI is InChI=1S/C13H28N2O3S2/c1-14(5-4-9-17-3)7-11-19-20-12-8-15(2)6-10-18-13-16/h13H,4-12H2,1-3H3. The predicted octanol–water partition coefficient (Wildman–Crippen LogP) is 1.44. The molecule has 0 fully saturated rings. The van der Waals surface area contributed by atoms with Gasteiger partial charge in [-0.3, -0.25) is 4.79 Å². The second kappa shape index (κ2) is 15.4. The Labute approximate surface area is 131 Å². The lowest BCUT2D eigenvalue weighted by Crippen LogP contribution is -2.25. The molecule has 0 amide bonds. The molecule has 120 valence electrons. The largest absolute Gasteiger partial charge is 0.467 e. The van der Waals surface area contributed by atoms with Crippen LogP contribution < -0.4 is 0 Å². The SMILES string of the molecule is COCCCN(C)CCSSCCN(C)CCOC=O. The summed E-state index contributed by atoms with van der Waals surface area (Å²) < 4.78 is 9.71. The second-order valence-electron chi connectivity index (χ2n) is 4.56. The average Bonchev–Trinajstić information content (AvgIpc) is 2.43. The summed E-state index contributed by atoms with van der Waals surface area (Å²) in [5.41, 5.74) is 0. The summed E-state index contributed by atoms with van der Waals surface area (Å²) in [5, 5.41) is 0. The Hall–Kier alpha value is 0.0500. The number of rotatable bonds is 15.